The second kappa shape index (κ2) is 16.1. The molecule has 0 bridgehead atoms. The number of carboxylic acid groups (broad SMARTS) is 2. The van der Waals surface area contributed by atoms with Crippen LogP contribution in [0.5, 0.6) is 11.5 Å². The number of aromatic nitrogens is 1. The largest absolute Gasteiger partial charge is 0.465 e. The highest BCUT2D eigenvalue weighted by Gasteiger charge is 2.54. The van der Waals surface area contributed by atoms with Crippen LogP contribution in [0.15, 0.2) is 78.9 Å². The van der Waals surface area contributed by atoms with E-state index in [1.54, 1.807) is 53.7 Å². The predicted molar refractivity (Wildman–Crippen MR) is 201 cm³/mol. The minimum absolute atomic E-state index is 0.271. The molecule has 6 N–H and O–H groups in total. The Labute approximate surface area is 307 Å². The molecule has 4 amide bonds. The first-order valence-corrected chi connectivity index (χ1v) is 17.5. The van der Waals surface area contributed by atoms with Crippen LogP contribution >= 0.6 is 11.3 Å². The molecule has 0 aliphatic heterocycles. The van der Waals surface area contributed by atoms with E-state index in [2.05, 4.69) is 26.3 Å². The van der Waals surface area contributed by atoms with Gasteiger partial charge >= 0.3 is 12.2 Å². The Morgan fingerprint density at radius 3 is 1.94 bits per heavy atom. The maximum absolute atomic E-state index is 13.4. The highest BCUT2D eigenvalue weighted by atomic mass is 32.1. The van der Waals surface area contributed by atoms with Crippen molar-refractivity contribution in [3.63, 3.8) is 0 Å². The smallest absolute Gasteiger partial charge is 0.411 e. The first-order valence-electron chi connectivity index (χ1n) is 16.7. The van der Waals surface area contributed by atoms with Crippen molar-refractivity contribution in [1.29, 1.82) is 0 Å². The van der Waals surface area contributed by atoms with E-state index in [1.165, 1.54) is 6.92 Å². The number of hydrogen-bond acceptors (Lipinski definition) is 8. The fraction of sp³-hybridized carbons (Fsp3) is 0.342. The molecule has 4 rings (SSSR count). The predicted octanol–water partition coefficient (Wildman–Crippen LogP) is 7.77. The van der Waals surface area contributed by atoms with Crippen LogP contribution in [0.4, 0.5) is 20.4 Å². The molecule has 0 saturated carbocycles. The van der Waals surface area contributed by atoms with Crippen LogP contribution in [0.2, 0.25) is 0 Å². The molecule has 1 aromatic heterocycles. The van der Waals surface area contributed by atoms with Crippen molar-refractivity contribution in [2.24, 2.45) is 5.41 Å². The highest BCUT2D eigenvalue weighted by molar-refractivity contribution is 7.17. The molecular formula is C38H46N6O7S. The lowest BCUT2D eigenvalue weighted by Gasteiger charge is -2.55. The average Bonchev–Trinajstić information content (AvgIpc) is 3.44. The summed E-state index contributed by atoms with van der Waals surface area (Å²) in [7, 11) is 0. The van der Waals surface area contributed by atoms with Crippen LogP contribution in [0.1, 0.15) is 75.0 Å². The second-order valence-corrected chi connectivity index (χ2v) is 15.2. The van der Waals surface area contributed by atoms with Crippen molar-refractivity contribution in [2.45, 2.75) is 79.2 Å². The third kappa shape index (κ3) is 10.00. The van der Waals surface area contributed by atoms with Crippen molar-refractivity contribution in [3.8, 4) is 11.5 Å². The molecule has 0 fully saturated rings. The lowest BCUT2D eigenvalue weighted by Crippen LogP contribution is -2.76. The van der Waals surface area contributed by atoms with Crippen LogP contribution in [0.3, 0.4) is 0 Å². The van der Waals surface area contributed by atoms with E-state index in [9.17, 15) is 29.4 Å². The third-order valence-electron chi connectivity index (χ3n) is 8.04. The number of carbonyl (C=O) groups excluding carboxylic acids is 2. The zero-order chi connectivity index (χ0) is 38.3. The molecule has 0 radical (unpaired) electrons. The molecule has 52 heavy (non-hydrogen) atoms. The fourth-order valence-electron chi connectivity index (χ4n) is 5.63. The summed E-state index contributed by atoms with van der Waals surface area (Å²) in [6.07, 6.45) is -1.80. The van der Waals surface area contributed by atoms with Crippen LogP contribution < -0.4 is 26.0 Å². The summed E-state index contributed by atoms with van der Waals surface area (Å²) in [5.74, 6) is -0.967. The molecule has 3 aromatic carbocycles. The van der Waals surface area contributed by atoms with Gasteiger partial charge in [-0.1, -0.05) is 74.6 Å². The van der Waals surface area contributed by atoms with Crippen LogP contribution in [-0.4, -0.2) is 55.4 Å². The maximum Gasteiger partial charge on any atom is 0.411 e. The molecule has 0 aliphatic rings. The van der Waals surface area contributed by atoms with Gasteiger partial charge in [0.05, 0.1) is 5.69 Å². The fourth-order valence-corrected chi connectivity index (χ4v) is 6.61. The number of nitrogens with one attached hydrogen (secondary N) is 4. The van der Waals surface area contributed by atoms with Crippen molar-refractivity contribution in [1.82, 2.24) is 20.5 Å². The van der Waals surface area contributed by atoms with E-state index < -0.39 is 28.9 Å². The molecule has 14 heteroatoms. The van der Waals surface area contributed by atoms with Crippen LogP contribution in [0, 0.1) is 5.41 Å². The number of rotatable bonds is 13. The maximum atomic E-state index is 13.4. The van der Waals surface area contributed by atoms with Crippen molar-refractivity contribution >= 4 is 46.2 Å². The summed E-state index contributed by atoms with van der Waals surface area (Å²) in [6.45, 7) is 12.0. The van der Waals surface area contributed by atoms with Gasteiger partial charge in [0.1, 0.15) is 16.4 Å². The number of thiazole rings is 1. The standard InChI is InChI=1S/C38H46N6O7S/c1-24(45)40-33-41-30(31(52-33)32(46)39-23-26-15-20-29(21-16-26)51-28-11-9-8-10-12-28)22-17-25-13-18-27(19-14-25)42-38(36(2,3)4,43-34(47)48)44(35(49)50)37(5,6)7/h8-16,18-21,42-43H,17,22-23H2,1-7H3,(H,39,46)(H,47,48)(H,49,50)(H,40,41,45). The monoisotopic (exact) mass is 730 g/mol. The Bertz CT molecular complexity index is 1870. The summed E-state index contributed by atoms with van der Waals surface area (Å²) < 4.78 is 5.85. The molecule has 4 aromatic rings. The number of amides is 4. The minimum Gasteiger partial charge on any atom is -0.465 e. The van der Waals surface area contributed by atoms with Crippen molar-refractivity contribution in [2.75, 3.05) is 10.6 Å². The first-order chi connectivity index (χ1) is 24.4. The van der Waals surface area contributed by atoms with Gasteiger partial charge in [0.2, 0.25) is 11.7 Å². The zero-order valence-electron chi connectivity index (χ0n) is 30.4. The Hall–Kier alpha value is -5.63. The van der Waals surface area contributed by atoms with E-state index >= 15 is 0 Å². The summed E-state index contributed by atoms with van der Waals surface area (Å²) in [5.41, 5.74) is 0.859. The topological polar surface area (TPSA) is 182 Å². The number of ether oxygens (including phenoxy) is 1. The zero-order valence-corrected chi connectivity index (χ0v) is 31.2. The van der Waals surface area contributed by atoms with E-state index in [-0.39, 0.29) is 18.4 Å². The van der Waals surface area contributed by atoms with Gasteiger partial charge in [0.15, 0.2) is 5.13 Å². The molecule has 0 aliphatic carbocycles. The lowest BCUT2D eigenvalue weighted by molar-refractivity contribution is -0.114. The SMILES string of the molecule is CC(=O)Nc1nc(CCc2ccc(NC(NC(=O)O)(N(C(=O)O)C(C)(C)C)C(C)(C)C)cc2)c(C(=O)NCc2ccc(Oc3ccccc3)cc2)s1. The molecule has 276 valence electrons. The summed E-state index contributed by atoms with van der Waals surface area (Å²) in [6, 6.07) is 24.0. The molecule has 1 unspecified atom stereocenters. The second-order valence-electron chi connectivity index (χ2n) is 14.2. The van der Waals surface area contributed by atoms with Gasteiger partial charge < -0.3 is 30.9 Å². The van der Waals surface area contributed by atoms with Gasteiger partial charge in [0, 0.05) is 30.1 Å². The normalized spacial score (nSPS) is 12.6. The van der Waals surface area contributed by atoms with Crippen LogP contribution in [-0.2, 0) is 24.2 Å². The number of carbonyl (C=O) groups is 4. The number of aryl methyl sites for hydroxylation is 2. The Kier molecular flexibility index (Phi) is 12.2. The summed E-state index contributed by atoms with van der Waals surface area (Å²) >= 11 is 1.10. The molecule has 1 atom stereocenters. The quantitative estimate of drug-likeness (QED) is 0.0749. The first kappa shape index (κ1) is 39.2. The van der Waals surface area contributed by atoms with E-state index in [0.717, 1.165) is 33.1 Å². The third-order valence-corrected chi connectivity index (χ3v) is 9.05. The summed E-state index contributed by atoms with van der Waals surface area (Å²) in [5, 5.41) is 31.7. The molecule has 0 spiro atoms. The Morgan fingerprint density at radius 2 is 1.40 bits per heavy atom. The van der Waals surface area contributed by atoms with Crippen LogP contribution in [0.25, 0.3) is 0 Å². The Balaban J connectivity index is 1.48. The van der Waals surface area contributed by atoms with E-state index in [1.807, 2.05) is 66.7 Å². The van der Waals surface area contributed by atoms with Gasteiger partial charge in [-0.25, -0.2) is 14.6 Å². The van der Waals surface area contributed by atoms with Gasteiger partial charge in [-0.05, 0) is 81.1 Å². The van der Waals surface area contributed by atoms with E-state index in [4.69, 9.17) is 4.74 Å². The van der Waals surface area contributed by atoms with Crippen molar-refractivity contribution < 1.29 is 34.1 Å². The molecule has 13 nitrogen and oxygen atoms in total. The molecule has 1 heterocycles. The molecular weight excluding hydrogens is 685 g/mol. The number of anilines is 2. The van der Waals surface area contributed by atoms with Gasteiger partial charge in [-0.3, -0.25) is 19.8 Å². The van der Waals surface area contributed by atoms with Gasteiger partial charge in [-0.15, -0.1) is 0 Å². The van der Waals surface area contributed by atoms with Gasteiger partial charge in [0.25, 0.3) is 5.91 Å². The average molecular weight is 731 g/mol. The molecule has 0 saturated heterocycles. The number of benzene rings is 3. The van der Waals surface area contributed by atoms with E-state index in [0.29, 0.717) is 40.0 Å². The number of nitrogens with zero attached hydrogens (tertiary/aromatic N) is 2. The van der Waals surface area contributed by atoms with Gasteiger partial charge in [-0.2, -0.15) is 0 Å². The minimum atomic E-state index is -1.74. The number of para-hydroxylation sites is 1. The van der Waals surface area contributed by atoms with Crippen molar-refractivity contribution in [3.05, 3.63) is 101 Å². The highest BCUT2D eigenvalue weighted by Crippen LogP contribution is 2.39. The Morgan fingerprint density at radius 1 is 0.808 bits per heavy atom. The number of hydrogen-bond donors (Lipinski definition) is 6. The lowest BCUT2D eigenvalue weighted by atomic mass is 9.82. The summed E-state index contributed by atoms with van der Waals surface area (Å²) in [4.78, 5) is 55.8.